The molecule has 24 heavy (non-hydrogen) atoms. The number of nitrogens with one attached hydrogen (secondary N) is 1. The number of halogens is 1. The highest BCUT2D eigenvalue weighted by Crippen LogP contribution is 2.23. The third-order valence-electron chi connectivity index (χ3n) is 3.88. The number of hydrogen-bond acceptors (Lipinski definition) is 3. The highest BCUT2D eigenvalue weighted by atomic mass is 79.9. The lowest BCUT2D eigenvalue weighted by Crippen LogP contribution is -2.32. The number of carbonyl (C=O) groups excluding carboxylic acids is 3. The number of imide groups is 1. The Hall–Kier alpha value is -2.47. The molecule has 0 unspecified atom stereocenters. The van der Waals surface area contributed by atoms with Gasteiger partial charge in [-0.1, -0.05) is 28.1 Å². The van der Waals surface area contributed by atoms with Crippen molar-refractivity contribution in [2.75, 3.05) is 11.9 Å². The van der Waals surface area contributed by atoms with Crippen molar-refractivity contribution in [2.45, 2.75) is 13.3 Å². The molecular weight excluding hydrogens is 372 g/mol. The smallest absolute Gasteiger partial charge is 0.261 e. The number of benzene rings is 2. The second-order valence-electron chi connectivity index (χ2n) is 5.57. The molecule has 5 nitrogen and oxygen atoms in total. The van der Waals surface area contributed by atoms with Crippen molar-refractivity contribution in [1.29, 1.82) is 0 Å². The quantitative estimate of drug-likeness (QED) is 0.818. The second kappa shape index (κ2) is 6.57. The van der Waals surface area contributed by atoms with Crippen LogP contribution in [0.15, 0.2) is 46.9 Å². The first kappa shape index (κ1) is 16.4. The number of nitrogens with zero attached hydrogens (tertiary/aromatic N) is 1. The first-order chi connectivity index (χ1) is 11.5. The summed E-state index contributed by atoms with van der Waals surface area (Å²) in [5.41, 5.74) is 2.48. The van der Waals surface area contributed by atoms with Gasteiger partial charge in [-0.15, -0.1) is 0 Å². The van der Waals surface area contributed by atoms with Gasteiger partial charge in [0, 0.05) is 23.1 Å². The number of amides is 3. The molecule has 2 aromatic rings. The summed E-state index contributed by atoms with van der Waals surface area (Å²) in [7, 11) is 0. The zero-order chi connectivity index (χ0) is 17.3. The van der Waals surface area contributed by atoms with Crippen molar-refractivity contribution in [1.82, 2.24) is 4.90 Å². The Balaban J connectivity index is 1.62. The van der Waals surface area contributed by atoms with Crippen LogP contribution in [-0.4, -0.2) is 29.2 Å². The Bertz CT molecular complexity index is 813. The van der Waals surface area contributed by atoms with Crippen molar-refractivity contribution in [2.24, 2.45) is 0 Å². The Morgan fingerprint density at radius 3 is 2.29 bits per heavy atom. The molecule has 1 heterocycles. The summed E-state index contributed by atoms with van der Waals surface area (Å²) < 4.78 is 0.964. The summed E-state index contributed by atoms with van der Waals surface area (Å²) in [4.78, 5) is 37.7. The molecule has 0 radical (unpaired) electrons. The highest BCUT2D eigenvalue weighted by molar-refractivity contribution is 9.10. The van der Waals surface area contributed by atoms with Gasteiger partial charge >= 0.3 is 0 Å². The van der Waals surface area contributed by atoms with Gasteiger partial charge in [0.1, 0.15) is 0 Å². The summed E-state index contributed by atoms with van der Waals surface area (Å²) in [6.45, 7) is 1.99. The minimum atomic E-state index is -0.345. The van der Waals surface area contributed by atoms with Crippen LogP contribution < -0.4 is 5.32 Å². The van der Waals surface area contributed by atoms with Crippen molar-refractivity contribution in [3.8, 4) is 0 Å². The van der Waals surface area contributed by atoms with Crippen LogP contribution in [0.5, 0.6) is 0 Å². The molecule has 0 saturated heterocycles. The molecule has 1 aliphatic heterocycles. The van der Waals surface area contributed by atoms with E-state index in [0.717, 1.165) is 14.9 Å². The molecule has 122 valence electrons. The number of rotatable bonds is 4. The Labute approximate surface area is 147 Å². The van der Waals surface area contributed by atoms with E-state index in [9.17, 15) is 14.4 Å². The largest absolute Gasteiger partial charge is 0.326 e. The summed E-state index contributed by atoms with van der Waals surface area (Å²) in [5, 5.41) is 2.78. The van der Waals surface area contributed by atoms with E-state index >= 15 is 0 Å². The van der Waals surface area contributed by atoms with Crippen LogP contribution in [0, 0.1) is 6.92 Å². The van der Waals surface area contributed by atoms with Crippen LogP contribution in [0.4, 0.5) is 5.69 Å². The van der Waals surface area contributed by atoms with E-state index in [1.807, 2.05) is 19.1 Å². The molecule has 1 N–H and O–H groups in total. The summed E-state index contributed by atoms with van der Waals surface area (Å²) in [6.07, 6.45) is 0.0561. The van der Waals surface area contributed by atoms with Gasteiger partial charge in [-0.05, 0) is 42.8 Å². The van der Waals surface area contributed by atoms with Gasteiger partial charge in [0.15, 0.2) is 0 Å². The lowest BCUT2D eigenvalue weighted by Gasteiger charge is -2.13. The number of fused-ring (bicyclic) bond motifs is 1. The second-order valence-corrected chi connectivity index (χ2v) is 6.42. The maximum Gasteiger partial charge on any atom is 0.261 e. The van der Waals surface area contributed by atoms with Crippen LogP contribution in [0.3, 0.4) is 0 Å². The Morgan fingerprint density at radius 2 is 1.71 bits per heavy atom. The fraction of sp³-hybridized carbons (Fsp3) is 0.167. The predicted molar refractivity (Wildman–Crippen MR) is 93.9 cm³/mol. The zero-order valence-corrected chi connectivity index (χ0v) is 14.6. The molecule has 0 aliphatic carbocycles. The van der Waals surface area contributed by atoms with Gasteiger partial charge < -0.3 is 5.32 Å². The Morgan fingerprint density at radius 1 is 1.08 bits per heavy atom. The minimum absolute atomic E-state index is 0.0561. The van der Waals surface area contributed by atoms with E-state index in [4.69, 9.17) is 0 Å². The summed E-state index contributed by atoms with van der Waals surface area (Å²) >= 11 is 3.40. The third kappa shape index (κ3) is 3.10. The van der Waals surface area contributed by atoms with E-state index in [2.05, 4.69) is 21.2 Å². The van der Waals surface area contributed by atoms with Crippen molar-refractivity contribution < 1.29 is 14.4 Å². The topological polar surface area (TPSA) is 66.5 Å². The molecule has 0 saturated carbocycles. The molecular formula is C18H15BrN2O3. The van der Waals surface area contributed by atoms with Crippen molar-refractivity contribution in [3.05, 3.63) is 63.6 Å². The van der Waals surface area contributed by atoms with E-state index in [1.54, 1.807) is 30.3 Å². The van der Waals surface area contributed by atoms with E-state index in [1.165, 1.54) is 0 Å². The van der Waals surface area contributed by atoms with Gasteiger partial charge in [0.25, 0.3) is 11.8 Å². The Kier molecular flexibility index (Phi) is 4.49. The molecule has 3 rings (SSSR count). The molecule has 0 fully saturated rings. The molecule has 6 heteroatoms. The summed E-state index contributed by atoms with van der Waals surface area (Å²) in [5.74, 6) is -0.931. The molecule has 0 spiro atoms. The number of aryl methyl sites for hydroxylation is 1. The first-order valence-corrected chi connectivity index (χ1v) is 8.28. The first-order valence-electron chi connectivity index (χ1n) is 7.48. The van der Waals surface area contributed by atoms with E-state index < -0.39 is 0 Å². The van der Waals surface area contributed by atoms with Gasteiger partial charge in [0.05, 0.1) is 11.1 Å². The van der Waals surface area contributed by atoms with Crippen LogP contribution in [0.2, 0.25) is 0 Å². The molecule has 0 aromatic heterocycles. The number of hydrogen-bond donors (Lipinski definition) is 1. The molecule has 2 aromatic carbocycles. The van der Waals surface area contributed by atoms with Crippen LogP contribution in [0.1, 0.15) is 32.7 Å². The minimum Gasteiger partial charge on any atom is -0.326 e. The van der Waals surface area contributed by atoms with Crippen LogP contribution in [0.25, 0.3) is 0 Å². The molecule has 0 bridgehead atoms. The molecule has 0 atom stereocenters. The average Bonchev–Trinajstić information content (AvgIpc) is 2.81. The monoisotopic (exact) mass is 386 g/mol. The van der Waals surface area contributed by atoms with Gasteiger partial charge in [-0.3, -0.25) is 19.3 Å². The number of carbonyl (C=O) groups is 3. The van der Waals surface area contributed by atoms with E-state index in [0.29, 0.717) is 16.8 Å². The maximum atomic E-state index is 12.2. The van der Waals surface area contributed by atoms with Gasteiger partial charge in [-0.2, -0.15) is 0 Å². The van der Waals surface area contributed by atoms with Crippen LogP contribution >= 0.6 is 15.9 Å². The lowest BCUT2D eigenvalue weighted by molar-refractivity contribution is -0.116. The standard InChI is InChI=1S/C18H15BrN2O3/c1-11-10-12(6-7-15(11)19)20-16(22)8-9-21-17(23)13-4-2-3-5-14(13)18(21)24/h2-7,10H,8-9H2,1H3,(H,20,22). The van der Waals surface area contributed by atoms with Gasteiger partial charge in [-0.25, -0.2) is 0 Å². The normalized spacial score (nSPS) is 13.2. The molecule has 3 amide bonds. The number of anilines is 1. The average molecular weight is 387 g/mol. The third-order valence-corrected chi connectivity index (χ3v) is 4.77. The highest BCUT2D eigenvalue weighted by Gasteiger charge is 2.34. The summed E-state index contributed by atoms with van der Waals surface area (Å²) in [6, 6.07) is 12.2. The fourth-order valence-corrected chi connectivity index (χ4v) is 2.85. The predicted octanol–water partition coefficient (Wildman–Crippen LogP) is 3.38. The van der Waals surface area contributed by atoms with E-state index in [-0.39, 0.29) is 30.7 Å². The lowest BCUT2D eigenvalue weighted by atomic mass is 10.1. The van der Waals surface area contributed by atoms with Gasteiger partial charge in [0.2, 0.25) is 5.91 Å². The van der Waals surface area contributed by atoms with Crippen LogP contribution in [-0.2, 0) is 4.79 Å². The fourth-order valence-electron chi connectivity index (χ4n) is 2.60. The van der Waals surface area contributed by atoms with Crippen molar-refractivity contribution in [3.63, 3.8) is 0 Å². The maximum absolute atomic E-state index is 12.2. The zero-order valence-electron chi connectivity index (χ0n) is 13.0. The van der Waals surface area contributed by atoms with Crippen molar-refractivity contribution >= 4 is 39.3 Å². The molecule has 1 aliphatic rings. The SMILES string of the molecule is Cc1cc(NC(=O)CCN2C(=O)c3ccccc3C2=O)ccc1Br.